The second-order valence-corrected chi connectivity index (χ2v) is 6.87. The Morgan fingerprint density at radius 2 is 1.86 bits per heavy atom. The van der Waals surface area contributed by atoms with Crippen molar-refractivity contribution in [2.75, 3.05) is 19.7 Å². The van der Waals surface area contributed by atoms with E-state index in [1.807, 2.05) is 0 Å². The summed E-state index contributed by atoms with van der Waals surface area (Å²) in [6.07, 6.45) is 10.0. The Labute approximate surface area is 129 Å². The average molecular weight is 296 g/mol. The summed E-state index contributed by atoms with van der Waals surface area (Å²) in [5.41, 5.74) is 0. The van der Waals surface area contributed by atoms with Gasteiger partial charge in [0, 0.05) is 37.7 Å². The lowest BCUT2D eigenvalue weighted by molar-refractivity contribution is -0.137. The normalized spacial score (nSPS) is 23.2. The van der Waals surface area contributed by atoms with Crippen LogP contribution in [0.2, 0.25) is 0 Å². The van der Waals surface area contributed by atoms with Crippen molar-refractivity contribution in [2.45, 2.75) is 76.8 Å². The Hall–Kier alpha value is -0.610. The maximum atomic E-state index is 12.5. The van der Waals surface area contributed by atoms with E-state index in [0.29, 0.717) is 23.9 Å². The summed E-state index contributed by atoms with van der Waals surface area (Å²) in [4.78, 5) is 14.6. The highest BCUT2D eigenvalue weighted by Crippen LogP contribution is 2.26. The van der Waals surface area contributed by atoms with Gasteiger partial charge in [0.05, 0.1) is 0 Å². The number of carbonyl (C=O) groups is 1. The minimum Gasteiger partial charge on any atom is -0.396 e. The van der Waals surface area contributed by atoms with E-state index >= 15 is 0 Å². The molecule has 1 heterocycles. The van der Waals surface area contributed by atoms with Crippen molar-refractivity contribution in [2.24, 2.45) is 5.92 Å². The minimum atomic E-state index is 0.278. The summed E-state index contributed by atoms with van der Waals surface area (Å²) in [5, 5.41) is 12.5. The van der Waals surface area contributed by atoms with Crippen LogP contribution in [-0.4, -0.2) is 47.7 Å². The molecule has 1 amide bonds. The maximum absolute atomic E-state index is 12.5. The number of amides is 1. The van der Waals surface area contributed by atoms with Crippen molar-refractivity contribution < 1.29 is 9.90 Å². The van der Waals surface area contributed by atoms with Crippen LogP contribution in [0.1, 0.15) is 64.7 Å². The van der Waals surface area contributed by atoms with Gasteiger partial charge in [0.2, 0.25) is 5.91 Å². The number of rotatable bonds is 6. The summed E-state index contributed by atoms with van der Waals surface area (Å²) in [7, 11) is 0. The van der Waals surface area contributed by atoms with Gasteiger partial charge < -0.3 is 15.3 Å². The molecule has 2 fully saturated rings. The highest BCUT2D eigenvalue weighted by Gasteiger charge is 2.29. The van der Waals surface area contributed by atoms with E-state index in [0.717, 1.165) is 51.6 Å². The SMILES string of the molecule is C[C@H](CCCO)NC1CCN(C(=O)C2CCCCC2)CC1. The standard InChI is InChI=1S/C17H32N2O2/c1-14(6-5-13-20)18-16-9-11-19(12-10-16)17(21)15-7-3-2-4-8-15/h14-16,18,20H,2-13H2,1H3/t14-/m1/s1. The van der Waals surface area contributed by atoms with E-state index in [9.17, 15) is 4.79 Å². The van der Waals surface area contributed by atoms with E-state index in [-0.39, 0.29) is 6.61 Å². The van der Waals surface area contributed by atoms with Crippen LogP contribution in [0, 0.1) is 5.92 Å². The molecule has 0 aromatic carbocycles. The second kappa shape index (κ2) is 8.74. The molecule has 0 spiro atoms. The third-order valence-electron chi connectivity index (χ3n) is 5.08. The highest BCUT2D eigenvalue weighted by molar-refractivity contribution is 5.79. The molecule has 21 heavy (non-hydrogen) atoms. The zero-order valence-corrected chi connectivity index (χ0v) is 13.5. The first-order chi connectivity index (χ1) is 10.2. The Kier molecular flexibility index (Phi) is 6.97. The van der Waals surface area contributed by atoms with E-state index in [4.69, 9.17) is 5.11 Å². The molecule has 2 N–H and O–H groups in total. The maximum Gasteiger partial charge on any atom is 0.225 e. The number of piperidine rings is 1. The molecule has 2 aliphatic rings. The zero-order valence-electron chi connectivity index (χ0n) is 13.5. The van der Waals surface area contributed by atoms with Crippen molar-refractivity contribution in [1.82, 2.24) is 10.2 Å². The van der Waals surface area contributed by atoms with Crippen LogP contribution in [-0.2, 0) is 4.79 Å². The fourth-order valence-corrected chi connectivity index (χ4v) is 3.76. The molecule has 122 valence electrons. The van der Waals surface area contributed by atoms with Crippen LogP contribution in [0.5, 0.6) is 0 Å². The van der Waals surface area contributed by atoms with Crippen molar-refractivity contribution in [3.05, 3.63) is 0 Å². The van der Waals surface area contributed by atoms with E-state index < -0.39 is 0 Å². The lowest BCUT2D eigenvalue weighted by Crippen LogP contribution is -2.48. The fraction of sp³-hybridized carbons (Fsp3) is 0.941. The van der Waals surface area contributed by atoms with Crippen molar-refractivity contribution in [1.29, 1.82) is 0 Å². The monoisotopic (exact) mass is 296 g/mol. The average Bonchev–Trinajstić information content (AvgIpc) is 2.54. The number of aliphatic hydroxyl groups is 1. The van der Waals surface area contributed by atoms with Gasteiger partial charge in [0.15, 0.2) is 0 Å². The van der Waals surface area contributed by atoms with Gasteiger partial charge in [-0.2, -0.15) is 0 Å². The molecule has 1 aliphatic heterocycles. The Morgan fingerprint density at radius 1 is 1.19 bits per heavy atom. The topological polar surface area (TPSA) is 52.6 Å². The molecular formula is C17H32N2O2. The van der Waals surface area contributed by atoms with Gasteiger partial charge in [-0.25, -0.2) is 0 Å². The molecule has 0 bridgehead atoms. The predicted octanol–water partition coefficient (Wildman–Crippen LogP) is 2.31. The number of likely N-dealkylation sites (tertiary alicyclic amines) is 1. The molecule has 0 radical (unpaired) electrons. The number of hydrogen-bond acceptors (Lipinski definition) is 3. The number of nitrogens with one attached hydrogen (secondary N) is 1. The fourth-order valence-electron chi connectivity index (χ4n) is 3.76. The van der Waals surface area contributed by atoms with E-state index in [1.165, 1.54) is 19.3 Å². The van der Waals surface area contributed by atoms with Gasteiger partial charge in [0.1, 0.15) is 0 Å². The van der Waals surface area contributed by atoms with Crippen LogP contribution in [0.4, 0.5) is 0 Å². The lowest BCUT2D eigenvalue weighted by Gasteiger charge is -2.36. The van der Waals surface area contributed by atoms with Crippen LogP contribution < -0.4 is 5.32 Å². The van der Waals surface area contributed by atoms with Crippen LogP contribution >= 0.6 is 0 Å². The molecule has 2 rings (SSSR count). The van der Waals surface area contributed by atoms with Crippen LogP contribution in [0.15, 0.2) is 0 Å². The van der Waals surface area contributed by atoms with Gasteiger partial charge in [-0.15, -0.1) is 0 Å². The van der Waals surface area contributed by atoms with Gasteiger partial charge in [-0.1, -0.05) is 19.3 Å². The summed E-state index contributed by atoms with van der Waals surface area (Å²) in [6.45, 7) is 4.30. The number of aliphatic hydroxyl groups excluding tert-OH is 1. The highest BCUT2D eigenvalue weighted by atomic mass is 16.2. The molecule has 4 nitrogen and oxygen atoms in total. The van der Waals surface area contributed by atoms with Gasteiger partial charge in [-0.3, -0.25) is 4.79 Å². The van der Waals surface area contributed by atoms with Crippen molar-refractivity contribution >= 4 is 5.91 Å². The number of hydrogen-bond donors (Lipinski definition) is 2. The quantitative estimate of drug-likeness (QED) is 0.791. The largest absolute Gasteiger partial charge is 0.396 e. The first-order valence-corrected chi connectivity index (χ1v) is 8.86. The zero-order chi connectivity index (χ0) is 15.1. The number of nitrogens with zero attached hydrogens (tertiary/aromatic N) is 1. The van der Waals surface area contributed by atoms with Gasteiger partial charge in [0.25, 0.3) is 0 Å². The van der Waals surface area contributed by atoms with Crippen molar-refractivity contribution in [3.8, 4) is 0 Å². The van der Waals surface area contributed by atoms with Crippen molar-refractivity contribution in [3.63, 3.8) is 0 Å². The van der Waals surface area contributed by atoms with Gasteiger partial charge in [-0.05, 0) is 45.4 Å². The summed E-state index contributed by atoms with van der Waals surface area (Å²) in [5.74, 6) is 0.730. The Morgan fingerprint density at radius 3 is 2.48 bits per heavy atom. The third-order valence-corrected chi connectivity index (χ3v) is 5.08. The Bertz CT molecular complexity index is 308. The smallest absolute Gasteiger partial charge is 0.225 e. The molecule has 1 saturated heterocycles. The second-order valence-electron chi connectivity index (χ2n) is 6.87. The molecule has 0 aromatic rings. The molecule has 0 unspecified atom stereocenters. The molecule has 1 saturated carbocycles. The first-order valence-electron chi connectivity index (χ1n) is 8.86. The minimum absolute atomic E-state index is 0.278. The summed E-state index contributed by atoms with van der Waals surface area (Å²) >= 11 is 0. The number of carbonyl (C=O) groups excluding carboxylic acids is 1. The third kappa shape index (κ3) is 5.26. The van der Waals surface area contributed by atoms with Crippen LogP contribution in [0.3, 0.4) is 0 Å². The van der Waals surface area contributed by atoms with Gasteiger partial charge >= 0.3 is 0 Å². The summed E-state index contributed by atoms with van der Waals surface area (Å²) < 4.78 is 0. The molecule has 1 atom stereocenters. The first kappa shape index (κ1) is 16.8. The molecule has 0 aromatic heterocycles. The molecule has 1 aliphatic carbocycles. The molecule has 4 heteroatoms. The van der Waals surface area contributed by atoms with Crippen LogP contribution in [0.25, 0.3) is 0 Å². The lowest BCUT2D eigenvalue weighted by atomic mass is 9.87. The predicted molar refractivity (Wildman–Crippen MR) is 85.1 cm³/mol. The summed E-state index contributed by atoms with van der Waals surface area (Å²) in [6, 6.07) is 0.997. The van der Waals surface area contributed by atoms with E-state index in [2.05, 4.69) is 17.1 Å². The van der Waals surface area contributed by atoms with E-state index in [1.54, 1.807) is 0 Å². The molecular weight excluding hydrogens is 264 g/mol. The Balaban J connectivity index is 1.68.